The number of hydrogen-bond acceptors (Lipinski definition) is 0. The summed E-state index contributed by atoms with van der Waals surface area (Å²) in [4.78, 5) is 0. The third-order valence-electron chi connectivity index (χ3n) is 7.45. The van der Waals surface area contributed by atoms with Gasteiger partial charge in [0.2, 0.25) is 0 Å². The van der Waals surface area contributed by atoms with Crippen molar-refractivity contribution in [3.63, 3.8) is 0 Å². The van der Waals surface area contributed by atoms with Gasteiger partial charge in [-0.05, 0) is 39.8 Å². The second kappa shape index (κ2) is 6.43. The average Bonchev–Trinajstić information content (AvgIpc) is 3.31. The molecular formula is C28H28Si. The monoisotopic (exact) mass is 392 g/mol. The molecule has 1 heteroatoms. The van der Waals surface area contributed by atoms with Gasteiger partial charge in [-0.1, -0.05) is 117 Å². The molecule has 0 aliphatic heterocycles. The van der Waals surface area contributed by atoms with Gasteiger partial charge in [0.05, 0.1) is 8.07 Å². The Labute approximate surface area is 175 Å². The van der Waals surface area contributed by atoms with E-state index < -0.39 is 8.07 Å². The molecule has 0 heterocycles. The fourth-order valence-corrected chi connectivity index (χ4v) is 11.1. The minimum Gasteiger partial charge on any atom is -0.0990 e. The van der Waals surface area contributed by atoms with Crippen molar-refractivity contribution in [1.82, 2.24) is 0 Å². The molecule has 0 nitrogen and oxygen atoms in total. The minimum absolute atomic E-state index is 0.0480. The Morgan fingerprint density at radius 2 is 1.41 bits per heavy atom. The molecule has 0 aromatic heterocycles. The van der Waals surface area contributed by atoms with Gasteiger partial charge in [0.25, 0.3) is 0 Å². The molecule has 144 valence electrons. The van der Waals surface area contributed by atoms with Crippen LogP contribution in [0.4, 0.5) is 0 Å². The summed E-state index contributed by atoms with van der Waals surface area (Å²) in [5, 5.41) is -0.0480. The Morgan fingerprint density at radius 3 is 2.03 bits per heavy atom. The van der Waals surface area contributed by atoms with E-state index in [-0.39, 0.29) is 5.04 Å². The molecule has 3 aromatic rings. The number of hydrogen-bond donors (Lipinski definition) is 0. The molecule has 0 bridgehead atoms. The van der Waals surface area contributed by atoms with E-state index in [1.54, 1.807) is 0 Å². The third-order valence-corrected chi connectivity index (χ3v) is 12.3. The molecule has 0 saturated carbocycles. The Kier molecular flexibility index (Phi) is 4.08. The maximum atomic E-state index is 4.66. The zero-order valence-corrected chi connectivity index (χ0v) is 18.6. The lowest BCUT2D eigenvalue weighted by Gasteiger charge is -2.48. The summed E-state index contributed by atoms with van der Waals surface area (Å²) in [6.07, 6.45) is 5.85. The van der Waals surface area contributed by atoms with Crippen molar-refractivity contribution in [3.8, 4) is 11.1 Å². The normalized spacial score (nSPS) is 19.7. The van der Waals surface area contributed by atoms with E-state index in [2.05, 4.69) is 112 Å². The van der Waals surface area contributed by atoms with Gasteiger partial charge in [-0.25, -0.2) is 0 Å². The third kappa shape index (κ3) is 2.31. The van der Waals surface area contributed by atoms with Crippen LogP contribution in [-0.4, -0.2) is 8.07 Å². The van der Waals surface area contributed by atoms with Crippen molar-refractivity contribution in [2.75, 3.05) is 0 Å². The first-order valence-corrected chi connectivity index (χ1v) is 13.8. The molecule has 0 radical (unpaired) electrons. The summed E-state index contributed by atoms with van der Waals surface area (Å²) in [6, 6.07) is 27.1. The predicted octanol–water partition coefficient (Wildman–Crippen LogP) is 7.52. The lowest BCUT2D eigenvalue weighted by molar-refractivity contribution is 0.786. The van der Waals surface area contributed by atoms with E-state index in [9.17, 15) is 0 Å². The Hall–Kier alpha value is -2.64. The standard InChI is InChI=1S/C28H28Si/c1-5-20(2)28(19-18-21-12-6-11-17-26(21)28)29(3,4)27-24-15-9-7-13-22(24)23-14-8-10-16-25(23)27/h6-19,27H,2,5H2,1,3-4H3. The first kappa shape index (κ1) is 18.4. The van der Waals surface area contributed by atoms with Gasteiger partial charge >= 0.3 is 0 Å². The van der Waals surface area contributed by atoms with Crippen LogP contribution in [-0.2, 0) is 5.04 Å². The number of rotatable bonds is 4. The molecular weight excluding hydrogens is 364 g/mol. The van der Waals surface area contributed by atoms with E-state index in [4.69, 9.17) is 0 Å². The highest BCUT2D eigenvalue weighted by Crippen LogP contribution is 2.58. The first-order chi connectivity index (χ1) is 14.0. The molecule has 0 fully saturated rings. The van der Waals surface area contributed by atoms with Crippen LogP contribution in [0.2, 0.25) is 13.1 Å². The van der Waals surface area contributed by atoms with E-state index >= 15 is 0 Å². The van der Waals surface area contributed by atoms with E-state index in [1.165, 1.54) is 39.0 Å². The van der Waals surface area contributed by atoms with Crippen molar-refractivity contribution in [2.45, 2.75) is 37.0 Å². The number of benzene rings is 3. The summed E-state index contributed by atoms with van der Waals surface area (Å²) in [6.45, 7) is 12.1. The van der Waals surface area contributed by atoms with Crippen LogP contribution in [0.3, 0.4) is 0 Å². The van der Waals surface area contributed by atoms with Crippen molar-refractivity contribution >= 4 is 14.1 Å². The SMILES string of the molecule is C=C(CC)C1([Si](C)(C)C2c3ccccc3-c3ccccc32)C=Cc2ccccc21. The molecule has 5 rings (SSSR count). The second-order valence-electron chi connectivity index (χ2n) is 9.01. The maximum Gasteiger partial charge on any atom is 0.0811 e. The lowest BCUT2D eigenvalue weighted by Crippen LogP contribution is -2.55. The number of allylic oxidation sites excluding steroid dienone is 2. The molecule has 1 unspecified atom stereocenters. The van der Waals surface area contributed by atoms with Crippen molar-refractivity contribution in [1.29, 1.82) is 0 Å². The highest BCUT2D eigenvalue weighted by molar-refractivity contribution is 6.84. The average molecular weight is 393 g/mol. The zero-order valence-electron chi connectivity index (χ0n) is 17.6. The van der Waals surface area contributed by atoms with Crippen LogP contribution in [0.25, 0.3) is 17.2 Å². The van der Waals surface area contributed by atoms with Crippen LogP contribution in [0.15, 0.2) is 91.0 Å². The summed E-state index contributed by atoms with van der Waals surface area (Å²) in [7, 11) is -2.01. The second-order valence-corrected chi connectivity index (χ2v) is 13.8. The molecule has 0 N–H and O–H groups in total. The van der Waals surface area contributed by atoms with Crippen LogP contribution >= 0.6 is 0 Å². The van der Waals surface area contributed by atoms with Crippen molar-refractivity contribution < 1.29 is 0 Å². The number of fused-ring (bicyclic) bond motifs is 4. The highest BCUT2D eigenvalue weighted by atomic mass is 28.3. The Balaban J connectivity index is 1.80. The summed E-state index contributed by atoms with van der Waals surface area (Å²) >= 11 is 0. The van der Waals surface area contributed by atoms with Crippen molar-refractivity contribution in [2.24, 2.45) is 0 Å². The van der Waals surface area contributed by atoms with Crippen LogP contribution in [0, 0.1) is 0 Å². The molecule has 2 aliphatic rings. The zero-order chi connectivity index (χ0) is 20.2. The fourth-order valence-electron chi connectivity index (χ4n) is 6.07. The molecule has 0 saturated heterocycles. The molecule has 0 amide bonds. The maximum absolute atomic E-state index is 4.66. The smallest absolute Gasteiger partial charge is 0.0811 e. The fraction of sp³-hybridized carbons (Fsp3) is 0.214. The van der Waals surface area contributed by atoms with E-state index in [1.807, 2.05) is 0 Å². The van der Waals surface area contributed by atoms with Gasteiger partial charge in [-0.3, -0.25) is 0 Å². The molecule has 29 heavy (non-hydrogen) atoms. The predicted molar refractivity (Wildman–Crippen MR) is 128 cm³/mol. The van der Waals surface area contributed by atoms with Crippen LogP contribution in [0.5, 0.6) is 0 Å². The molecule has 2 aliphatic carbocycles. The van der Waals surface area contributed by atoms with Crippen LogP contribution < -0.4 is 0 Å². The van der Waals surface area contributed by atoms with Gasteiger partial charge in [0, 0.05) is 10.6 Å². The summed E-state index contributed by atoms with van der Waals surface area (Å²) < 4.78 is 0. The highest BCUT2D eigenvalue weighted by Gasteiger charge is 2.56. The minimum atomic E-state index is -2.01. The molecule has 0 spiro atoms. The van der Waals surface area contributed by atoms with Crippen molar-refractivity contribution in [3.05, 3.63) is 113 Å². The summed E-state index contributed by atoms with van der Waals surface area (Å²) in [5.74, 6) is 0. The molecule has 1 atom stereocenters. The summed E-state index contributed by atoms with van der Waals surface area (Å²) in [5.41, 5.74) is 10.5. The van der Waals surface area contributed by atoms with Crippen LogP contribution in [0.1, 0.15) is 41.1 Å². The van der Waals surface area contributed by atoms with Gasteiger partial charge in [-0.2, -0.15) is 0 Å². The van der Waals surface area contributed by atoms with Gasteiger partial charge < -0.3 is 0 Å². The van der Waals surface area contributed by atoms with Gasteiger partial charge in [0.1, 0.15) is 0 Å². The van der Waals surface area contributed by atoms with E-state index in [0.717, 1.165) is 6.42 Å². The topological polar surface area (TPSA) is 0 Å². The largest absolute Gasteiger partial charge is 0.0990 e. The Bertz CT molecular complexity index is 1100. The molecule has 3 aromatic carbocycles. The van der Waals surface area contributed by atoms with Gasteiger partial charge in [-0.15, -0.1) is 0 Å². The lowest BCUT2D eigenvalue weighted by atomic mass is 9.91. The van der Waals surface area contributed by atoms with Gasteiger partial charge in [0.15, 0.2) is 0 Å². The quantitative estimate of drug-likeness (QED) is 0.318. The Morgan fingerprint density at radius 1 is 0.862 bits per heavy atom. The first-order valence-electron chi connectivity index (χ1n) is 10.7. The van der Waals surface area contributed by atoms with E-state index in [0.29, 0.717) is 5.54 Å².